The minimum Gasteiger partial charge on any atom is -0.357 e. The molecule has 0 fully saturated rings. The number of halogens is 2. The Hall–Kier alpha value is -2.76. The molecule has 6 heteroatoms. The van der Waals surface area contributed by atoms with E-state index in [0.717, 1.165) is 0 Å². The molecule has 1 atom stereocenters. The SMILES string of the molecule is CC[C@H](C(=O)NC)N(Cc1ccc(F)cc1)C(=O)Cc1ccccc1F. The first-order valence-corrected chi connectivity index (χ1v) is 8.45. The summed E-state index contributed by atoms with van der Waals surface area (Å²) in [6.45, 7) is 1.94. The number of likely N-dealkylation sites (N-methyl/N-ethyl adjacent to an activating group) is 1. The van der Waals surface area contributed by atoms with Gasteiger partial charge in [0.1, 0.15) is 17.7 Å². The largest absolute Gasteiger partial charge is 0.357 e. The van der Waals surface area contributed by atoms with Gasteiger partial charge in [0.05, 0.1) is 6.42 Å². The zero-order valence-corrected chi connectivity index (χ0v) is 14.8. The molecule has 26 heavy (non-hydrogen) atoms. The van der Waals surface area contributed by atoms with Crippen molar-refractivity contribution in [1.82, 2.24) is 10.2 Å². The molecule has 0 spiro atoms. The predicted octanol–water partition coefficient (Wildman–Crippen LogP) is 3.06. The van der Waals surface area contributed by atoms with Gasteiger partial charge in [-0.25, -0.2) is 8.78 Å². The second-order valence-corrected chi connectivity index (χ2v) is 5.95. The average molecular weight is 360 g/mol. The molecule has 0 unspecified atom stereocenters. The quantitative estimate of drug-likeness (QED) is 0.825. The molecule has 2 rings (SSSR count). The van der Waals surface area contributed by atoms with E-state index in [4.69, 9.17) is 0 Å². The molecule has 1 N–H and O–H groups in total. The van der Waals surface area contributed by atoms with E-state index >= 15 is 0 Å². The summed E-state index contributed by atoms with van der Waals surface area (Å²) >= 11 is 0. The maximum atomic E-state index is 13.9. The number of rotatable bonds is 7. The first-order valence-electron chi connectivity index (χ1n) is 8.45. The van der Waals surface area contributed by atoms with Crippen molar-refractivity contribution in [2.24, 2.45) is 0 Å². The van der Waals surface area contributed by atoms with Gasteiger partial charge in [0, 0.05) is 13.6 Å². The summed E-state index contributed by atoms with van der Waals surface area (Å²) in [6, 6.07) is 11.1. The van der Waals surface area contributed by atoms with Crippen LogP contribution in [0, 0.1) is 11.6 Å². The molecule has 0 saturated heterocycles. The Morgan fingerprint density at radius 1 is 1.08 bits per heavy atom. The van der Waals surface area contributed by atoms with Gasteiger partial charge in [0.2, 0.25) is 11.8 Å². The molecule has 0 saturated carbocycles. The molecule has 0 heterocycles. The van der Waals surface area contributed by atoms with Crippen molar-refractivity contribution in [3.63, 3.8) is 0 Å². The van der Waals surface area contributed by atoms with E-state index in [0.29, 0.717) is 12.0 Å². The van der Waals surface area contributed by atoms with Crippen LogP contribution >= 0.6 is 0 Å². The van der Waals surface area contributed by atoms with E-state index in [1.807, 2.05) is 0 Å². The molecule has 0 bridgehead atoms. The van der Waals surface area contributed by atoms with E-state index in [1.165, 1.54) is 30.1 Å². The summed E-state index contributed by atoms with van der Waals surface area (Å²) in [5.74, 6) is -1.50. The van der Waals surface area contributed by atoms with Crippen LogP contribution in [0.1, 0.15) is 24.5 Å². The normalized spacial score (nSPS) is 11.7. The van der Waals surface area contributed by atoms with Crippen LogP contribution in [-0.4, -0.2) is 29.8 Å². The second-order valence-electron chi connectivity index (χ2n) is 5.95. The molecule has 0 aromatic heterocycles. The topological polar surface area (TPSA) is 49.4 Å². The van der Waals surface area contributed by atoms with Crippen molar-refractivity contribution in [3.05, 3.63) is 71.3 Å². The minimum atomic E-state index is -0.690. The maximum Gasteiger partial charge on any atom is 0.242 e. The number of nitrogens with zero attached hydrogens (tertiary/aromatic N) is 1. The molecule has 0 aliphatic heterocycles. The summed E-state index contributed by atoms with van der Waals surface area (Å²) in [5, 5.41) is 2.55. The Labute approximate surface area is 151 Å². The molecule has 0 radical (unpaired) electrons. The van der Waals surface area contributed by atoms with Crippen molar-refractivity contribution in [3.8, 4) is 0 Å². The van der Waals surface area contributed by atoms with Crippen LogP contribution in [0.25, 0.3) is 0 Å². The Kier molecular flexibility index (Phi) is 6.83. The third-order valence-corrected chi connectivity index (χ3v) is 4.20. The van der Waals surface area contributed by atoms with Gasteiger partial charge in [-0.15, -0.1) is 0 Å². The van der Waals surface area contributed by atoms with Gasteiger partial charge in [-0.3, -0.25) is 9.59 Å². The standard InChI is InChI=1S/C20H22F2N2O2/c1-3-18(20(26)23-2)24(13-14-8-10-16(21)11-9-14)19(25)12-15-6-4-5-7-17(15)22/h4-11,18H,3,12-13H2,1-2H3,(H,23,26)/t18-/m1/s1. The van der Waals surface area contributed by atoms with Gasteiger partial charge >= 0.3 is 0 Å². The summed E-state index contributed by atoms with van der Waals surface area (Å²) in [6.07, 6.45) is 0.255. The van der Waals surface area contributed by atoms with Crippen LogP contribution in [0.15, 0.2) is 48.5 Å². The number of carbonyl (C=O) groups is 2. The lowest BCUT2D eigenvalue weighted by atomic mass is 10.1. The highest BCUT2D eigenvalue weighted by atomic mass is 19.1. The molecule has 0 aliphatic rings. The van der Waals surface area contributed by atoms with Crippen LogP contribution in [0.5, 0.6) is 0 Å². The summed E-state index contributed by atoms with van der Waals surface area (Å²) < 4.78 is 27.0. The van der Waals surface area contributed by atoms with Crippen molar-refractivity contribution >= 4 is 11.8 Å². The predicted molar refractivity (Wildman–Crippen MR) is 95.2 cm³/mol. The number of carbonyl (C=O) groups excluding carboxylic acids is 2. The van der Waals surface area contributed by atoms with Gasteiger partial charge < -0.3 is 10.2 Å². The van der Waals surface area contributed by atoms with Crippen molar-refractivity contribution in [1.29, 1.82) is 0 Å². The zero-order chi connectivity index (χ0) is 19.1. The monoisotopic (exact) mass is 360 g/mol. The molecule has 4 nitrogen and oxygen atoms in total. The molecule has 2 aromatic rings. The van der Waals surface area contributed by atoms with Gasteiger partial charge in [-0.05, 0) is 35.7 Å². The van der Waals surface area contributed by atoms with Gasteiger partial charge in [0.25, 0.3) is 0 Å². The lowest BCUT2D eigenvalue weighted by molar-refractivity contribution is -0.140. The fourth-order valence-corrected chi connectivity index (χ4v) is 2.78. The summed E-state index contributed by atoms with van der Waals surface area (Å²) in [5.41, 5.74) is 0.962. The number of amides is 2. The van der Waals surface area contributed by atoms with Crippen LogP contribution in [0.4, 0.5) is 8.78 Å². The molecule has 138 valence electrons. The molecule has 0 aliphatic carbocycles. The van der Waals surface area contributed by atoms with Gasteiger partial charge in [0.15, 0.2) is 0 Å². The third-order valence-electron chi connectivity index (χ3n) is 4.20. The second kappa shape index (κ2) is 9.08. The summed E-state index contributed by atoms with van der Waals surface area (Å²) in [4.78, 5) is 26.5. The number of nitrogens with one attached hydrogen (secondary N) is 1. The molecule has 2 aromatic carbocycles. The maximum absolute atomic E-state index is 13.9. The molecular weight excluding hydrogens is 338 g/mol. The average Bonchev–Trinajstić information content (AvgIpc) is 2.64. The van der Waals surface area contributed by atoms with E-state index < -0.39 is 11.9 Å². The Bertz CT molecular complexity index is 763. The highest BCUT2D eigenvalue weighted by molar-refractivity contribution is 5.88. The zero-order valence-electron chi connectivity index (χ0n) is 14.8. The Morgan fingerprint density at radius 2 is 1.73 bits per heavy atom. The fourth-order valence-electron chi connectivity index (χ4n) is 2.78. The van der Waals surface area contributed by atoms with E-state index in [1.54, 1.807) is 37.3 Å². The minimum absolute atomic E-state index is 0.138. The molecule has 2 amide bonds. The van der Waals surface area contributed by atoms with E-state index in [2.05, 4.69) is 5.32 Å². The first kappa shape index (κ1) is 19.6. The van der Waals surface area contributed by atoms with Crippen LogP contribution in [-0.2, 0) is 22.6 Å². The lowest BCUT2D eigenvalue weighted by Crippen LogP contribution is -2.48. The van der Waals surface area contributed by atoms with E-state index in [-0.39, 0.29) is 36.2 Å². The number of hydrogen-bond acceptors (Lipinski definition) is 2. The van der Waals surface area contributed by atoms with Crippen LogP contribution in [0.3, 0.4) is 0 Å². The highest BCUT2D eigenvalue weighted by Gasteiger charge is 2.28. The fraction of sp³-hybridized carbons (Fsp3) is 0.300. The van der Waals surface area contributed by atoms with Gasteiger partial charge in [-0.1, -0.05) is 37.3 Å². The highest BCUT2D eigenvalue weighted by Crippen LogP contribution is 2.16. The smallest absolute Gasteiger partial charge is 0.242 e. The Balaban J connectivity index is 2.29. The number of hydrogen-bond donors (Lipinski definition) is 1. The van der Waals surface area contributed by atoms with Crippen LogP contribution in [0.2, 0.25) is 0 Å². The van der Waals surface area contributed by atoms with Crippen molar-refractivity contribution < 1.29 is 18.4 Å². The summed E-state index contributed by atoms with van der Waals surface area (Å²) in [7, 11) is 1.50. The number of benzene rings is 2. The Morgan fingerprint density at radius 3 is 2.31 bits per heavy atom. The van der Waals surface area contributed by atoms with E-state index in [9.17, 15) is 18.4 Å². The van der Waals surface area contributed by atoms with Gasteiger partial charge in [-0.2, -0.15) is 0 Å². The van der Waals surface area contributed by atoms with Crippen molar-refractivity contribution in [2.75, 3.05) is 7.05 Å². The van der Waals surface area contributed by atoms with Crippen LogP contribution < -0.4 is 5.32 Å². The van der Waals surface area contributed by atoms with Crippen molar-refractivity contribution in [2.45, 2.75) is 32.4 Å². The first-order chi connectivity index (χ1) is 12.5. The molecular formula is C20H22F2N2O2. The third kappa shape index (κ3) is 4.88. The lowest BCUT2D eigenvalue weighted by Gasteiger charge is -2.30.